The summed E-state index contributed by atoms with van der Waals surface area (Å²) in [6.45, 7) is 0. The third-order valence-corrected chi connectivity index (χ3v) is 9.43. The van der Waals surface area contributed by atoms with Crippen molar-refractivity contribution in [3.63, 3.8) is 0 Å². The maximum atomic E-state index is 15.5. The molecule has 0 amide bonds. The van der Waals surface area contributed by atoms with Crippen molar-refractivity contribution < 1.29 is 14.6 Å². The monoisotopic (exact) mass is 507 g/mol. The van der Waals surface area contributed by atoms with E-state index in [1.807, 2.05) is 30.5 Å². The van der Waals surface area contributed by atoms with Crippen LogP contribution in [0.15, 0.2) is 48.7 Å². The molecule has 0 spiro atoms. The van der Waals surface area contributed by atoms with E-state index in [0.29, 0.717) is 34.8 Å². The van der Waals surface area contributed by atoms with Crippen molar-refractivity contribution in [2.24, 2.45) is 11.8 Å². The van der Waals surface area contributed by atoms with Crippen LogP contribution >= 0.6 is 11.5 Å². The lowest BCUT2D eigenvalue weighted by Crippen LogP contribution is -2.29. The highest BCUT2D eigenvalue weighted by atomic mass is 32.1. The van der Waals surface area contributed by atoms with Gasteiger partial charge < -0.3 is 10.2 Å². The molecule has 2 N–H and O–H groups in total. The highest BCUT2D eigenvalue weighted by Gasteiger charge is 2.38. The molecule has 2 aromatic heterocycles. The summed E-state index contributed by atoms with van der Waals surface area (Å²) in [5, 5.41) is 26.1. The van der Waals surface area contributed by atoms with Gasteiger partial charge in [0, 0.05) is 22.3 Å². The molecule has 0 saturated heterocycles. The fourth-order valence-corrected chi connectivity index (χ4v) is 7.46. The zero-order chi connectivity index (χ0) is 24.8. The molecule has 0 bridgehead atoms. The minimum absolute atomic E-state index is 0.192. The molecule has 4 atom stereocenters. The van der Waals surface area contributed by atoms with Gasteiger partial charge in [0.05, 0.1) is 17.8 Å². The van der Waals surface area contributed by atoms with Crippen molar-refractivity contribution >= 4 is 49.5 Å². The van der Waals surface area contributed by atoms with E-state index >= 15 is 4.39 Å². The number of aliphatic hydroxyl groups excluding tert-OH is 2. The molecule has 4 unspecified atom stereocenters. The molecule has 1 fully saturated rings. The molecule has 5 aromatic rings. The van der Waals surface area contributed by atoms with E-state index in [1.54, 1.807) is 6.07 Å². The van der Waals surface area contributed by atoms with E-state index < -0.39 is 12.2 Å². The number of allylic oxidation sites excluding steroid dienone is 1. The van der Waals surface area contributed by atoms with Crippen molar-refractivity contribution in [2.75, 3.05) is 0 Å². The van der Waals surface area contributed by atoms with Gasteiger partial charge in [-0.15, -0.1) is 0 Å². The summed E-state index contributed by atoms with van der Waals surface area (Å²) in [6, 6.07) is 14.6. The quantitative estimate of drug-likeness (QED) is 0.288. The summed E-state index contributed by atoms with van der Waals surface area (Å²) in [5.41, 5.74) is 5.14. The second-order valence-electron chi connectivity index (χ2n) is 10.8. The molecule has 6 heteroatoms. The lowest BCUT2D eigenvalue weighted by molar-refractivity contribution is 0.00402. The maximum Gasteiger partial charge on any atom is 0.144 e. The summed E-state index contributed by atoms with van der Waals surface area (Å²) in [5.74, 6) is 0.675. The molecule has 1 saturated carbocycles. The zero-order valence-corrected chi connectivity index (χ0v) is 20.8. The molecule has 183 valence electrons. The minimum atomic E-state index is -1.08. The molecule has 2 heterocycles. The van der Waals surface area contributed by atoms with Crippen LogP contribution in [0.5, 0.6) is 0 Å². The molecule has 1 radical (unpaired) electrons. The molecule has 3 aliphatic carbocycles. The van der Waals surface area contributed by atoms with Gasteiger partial charge in [-0.1, -0.05) is 36.4 Å². The molecule has 37 heavy (non-hydrogen) atoms. The first-order valence-electron chi connectivity index (χ1n) is 12.9. The highest BCUT2D eigenvalue weighted by Crippen LogP contribution is 2.50. The predicted molar refractivity (Wildman–Crippen MR) is 144 cm³/mol. The van der Waals surface area contributed by atoms with Gasteiger partial charge in [-0.05, 0) is 100 Å². The van der Waals surface area contributed by atoms with Crippen LogP contribution in [0.1, 0.15) is 59.1 Å². The second-order valence-corrected chi connectivity index (χ2v) is 11.6. The van der Waals surface area contributed by atoms with Gasteiger partial charge in [0.15, 0.2) is 0 Å². The number of nitrogens with zero attached hydrogens (tertiary/aromatic N) is 2. The highest BCUT2D eigenvalue weighted by molar-refractivity contribution is 7.12. The number of rotatable bonds is 2. The first-order chi connectivity index (χ1) is 18.1. The average molecular weight is 508 g/mol. The van der Waals surface area contributed by atoms with Crippen molar-refractivity contribution in [1.82, 2.24) is 9.36 Å². The number of halogens is 1. The summed E-state index contributed by atoms with van der Waals surface area (Å²) < 4.78 is 19.9. The second kappa shape index (κ2) is 7.90. The molecule has 3 aliphatic rings. The van der Waals surface area contributed by atoms with E-state index in [1.165, 1.54) is 24.4 Å². The van der Waals surface area contributed by atoms with Crippen LogP contribution < -0.4 is 0 Å². The van der Waals surface area contributed by atoms with Crippen molar-refractivity contribution in [1.29, 1.82) is 0 Å². The maximum absolute atomic E-state index is 15.5. The molecule has 4 nitrogen and oxygen atoms in total. The summed E-state index contributed by atoms with van der Waals surface area (Å²) in [6.07, 6.45) is 7.58. The van der Waals surface area contributed by atoms with Crippen LogP contribution in [-0.2, 0) is 6.42 Å². The van der Waals surface area contributed by atoms with Gasteiger partial charge in [-0.2, -0.15) is 4.37 Å². The van der Waals surface area contributed by atoms with Gasteiger partial charge in [0.1, 0.15) is 16.8 Å². The Bertz CT molecular complexity index is 1770. The molecule has 8 rings (SSSR count). The van der Waals surface area contributed by atoms with Crippen molar-refractivity contribution in [3.05, 3.63) is 88.4 Å². The summed E-state index contributed by atoms with van der Waals surface area (Å²) >= 11 is 1.35. The van der Waals surface area contributed by atoms with Gasteiger partial charge >= 0.3 is 0 Å². The van der Waals surface area contributed by atoms with Crippen LogP contribution in [0.4, 0.5) is 4.39 Å². The number of aliphatic hydroxyl groups is 2. The predicted octanol–water partition coefficient (Wildman–Crippen LogP) is 6.46. The Morgan fingerprint density at radius 1 is 1.03 bits per heavy atom. The van der Waals surface area contributed by atoms with E-state index in [4.69, 9.17) is 4.98 Å². The molecule has 0 aliphatic heterocycles. The first kappa shape index (κ1) is 21.9. The van der Waals surface area contributed by atoms with Gasteiger partial charge in [0.25, 0.3) is 0 Å². The largest absolute Gasteiger partial charge is 0.390 e. The smallest absolute Gasteiger partial charge is 0.144 e. The summed E-state index contributed by atoms with van der Waals surface area (Å²) in [7, 11) is 0. The van der Waals surface area contributed by atoms with E-state index in [9.17, 15) is 10.2 Å². The van der Waals surface area contributed by atoms with Gasteiger partial charge in [-0.25, -0.2) is 9.37 Å². The van der Waals surface area contributed by atoms with Crippen molar-refractivity contribution in [3.8, 4) is 0 Å². The lowest BCUT2D eigenvalue weighted by Gasteiger charge is -2.35. The number of hydrogen-bond donors (Lipinski definition) is 2. The Hall–Kier alpha value is -3.19. The third kappa shape index (κ3) is 3.19. The Labute approximate surface area is 217 Å². The van der Waals surface area contributed by atoms with Crippen LogP contribution in [-0.4, -0.2) is 25.7 Å². The lowest BCUT2D eigenvalue weighted by atomic mass is 9.72. The van der Waals surface area contributed by atoms with Crippen LogP contribution in [0, 0.1) is 23.7 Å². The van der Waals surface area contributed by atoms with Gasteiger partial charge in [0.2, 0.25) is 0 Å². The summed E-state index contributed by atoms with van der Waals surface area (Å²) in [4.78, 5) is 5.61. The number of pyridine rings is 1. The number of aromatic nitrogens is 2. The van der Waals surface area contributed by atoms with E-state index in [2.05, 4.69) is 28.6 Å². The fourth-order valence-electron chi connectivity index (χ4n) is 6.81. The van der Waals surface area contributed by atoms with Crippen molar-refractivity contribution in [2.45, 2.75) is 43.8 Å². The zero-order valence-electron chi connectivity index (χ0n) is 20.0. The average Bonchev–Trinajstić information content (AvgIpc) is 3.66. The minimum Gasteiger partial charge on any atom is -0.390 e. The Kier molecular flexibility index (Phi) is 4.67. The van der Waals surface area contributed by atoms with Crippen LogP contribution in [0.2, 0.25) is 0 Å². The molecular formula is C31H24FN2O2S. The van der Waals surface area contributed by atoms with E-state index in [0.717, 1.165) is 49.6 Å². The van der Waals surface area contributed by atoms with Crippen LogP contribution in [0.25, 0.3) is 38.0 Å². The SMILES string of the molecule is OC1CC(c2c3cc[c]cc3nc3sncc23)c2ccc3c4c(c(F)cc3c2C1O)C=CC(C1CC1)C4. The first-order valence-corrected chi connectivity index (χ1v) is 13.7. The number of hydrogen-bond acceptors (Lipinski definition) is 5. The number of fused-ring (bicyclic) bond motifs is 7. The molecule has 3 aromatic carbocycles. The standard InChI is InChI=1S/C31H24FN2O2S/c32-25-12-22-17(21-11-16(15-5-6-15)7-8-18(21)25)9-10-19-23(13-27(35)30(36)29(19)22)28-20-3-1-2-4-26(20)34-31-24(28)14-33-37-31/h1,3-4,7-10,12,14-16,23,27,30,35-36H,5-6,11,13H2. The Morgan fingerprint density at radius 2 is 1.92 bits per heavy atom. The topological polar surface area (TPSA) is 66.2 Å². The van der Waals surface area contributed by atoms with Gasteiger partial charge in [-0.3, -0.25) is 0 Å². The van der Waals surface area contributed by atoms with Crippen LogP contribution in [0.3, 0.4) is 0 Å². The molecular weight excluding hydrogens is 483 g/mol. The van der Waals surface area contributed by atoms with E-state index in [-0.39, 0.29) is 11.7 Å². The Morgan fingerprint density at radius 3 is 2.78 bits per heavy atom. The Balaban J connectivity index is 1.40. The normalized spacial score (nSPS) is 25.1. The third-order valence-electron chi connectivity index (χ3n) is 8.73. The number of benzene rings is 3. The fraction of sp³-hybridized carbons (Fsp3) is 0.290.